The van der Waals surface area contributed by atoms with Crippen LogP contribution < -0.4 is 5.73 Å². The van der Waals surface area contributed by atoms with Crippen LogP contribution in [-0.2, 0) is 0 Å². The van der Waals surface area contributed by atoms with E-state index < -0.39 is 0 Å². The minimum atomic E-state index is 0.394. The first kappa shape index (κ1) is 11.5. The second-order valence-corrected chi connectivity index (χ2v) is 8.28. The first-order valence-electron chi connectivity index (χ1n) is 8.03. The largest absolute Gasteiger partial charge is 0.324 e. The molecule has 5 rings (SSSR count). The van der Waals surface area contributed by atoms with E-state index in [1.54, 1.807) is 5.57 Å². The summed E-state index contributed by atoms with van der Waals surface area (Å²) in [5, 5.41) is 0. The standard InChI is InChI=1S/C17H27N/c1-16-7-12-6-13(8-16)10-17(9-12,11-16)15(18)14-4-2-3-5-14/h4,12-13,15H,2-3,5-11,18H2,1H3. The second kappa shape index (κ2) is 3.62. The molecule has 4 bridgehead atoms. The first-order valence-corrected chi connectivity index (χ1v) is 8.03. The van der Waals surface area contributed by atoms with Gasteiger partial charge in [-0.25, -0.2) is 0 Å². The van der Waals surface area contributed by atoms with Crippen LogP contribution in [0, 0.1) is 22.7 Å². The molecule has 5 aliphatic rings. The summed E-state index contributed by atoms with van der Waals surface area (Å²) in [6.45, 7) is 2.55. The third-order valence-electron chi connectivity index (χ3n) is 6.53. The Labute approximate surface area is 111 Å². The zero-order valence-electron chi connectivity index (χ0n) is 11.8. The highest BCUT2D eigenvalue weighted by molar-refractivity contribution is 5.22. The van der Waals surface area contributed by atoms with Gasteiger partial charge in [0.2, 0.25) is 0 Å². The van der Waals surface area contributed by atoms with Gasteiger partial charge in [-0.1, -0.05) is 18.6 Å². The van der Waals surface area contributed by atoms with Crippen LogP contribution in [0.2, 0.25) is 0 Å². The SMILES string of the molecule is CC12CC3CC(C1)CC(C(N)C1=CCCC1)(C3)C2. The van der Waals surface area contributed by atoms with E-state index in [0.717, 1.165) is 11.8 Å². The number of hydrogen-bond donors (Lipinski definition) is 1. The smallest absolute Gasteiger partial charge is 0.0311 e. The van der Waals surface area contributed by atoms with Gasteiger partial charge in [-0.05, 0) is 80.5 Å². The van der Waals surface area contributed by atoms with E-state index in [0.29, 0.717) is 16.9 Å². The minimum Gasteiger partial charge on any atom is -0.324 e. The molecule has 0 aromatic rings. The van der Waals surface area contributed by atoms with Crippen LogP contribution in [0.15, 0.2) is 11.6 Å². The van der Waals surface area contributed by atoms with Crippen molar-refractivity contribution in [3.05, 3.63) is 11.6 Å². The van der Waals surface area contributed by atoms with Crippen molar-refractivity contribution in [2.24, 2.45) is 28.4 Å². The first-order chi connectivity index (χ1) is 8.59. The van der Waals surface area contributed by atoms with E-state index in [9.17, 15) is 0 Å². The Morgan fingerprint density at radius 3 is 2.50 bits per heavy atom. The van der Waals surface area contributed by atoms with Gasteiger partial charge < -0.3 is 5.73 Å². The lowest BCUT2D eigenvalue weighted by molar-refractivity contribution is -0.108. The summed E-state index contributed by atoms with van der Waals surface area (Å²) < 4.78 is 0. The third-order valence-corrected chi connectivity index (χ3v) is 6.53. The van der Waals surface area contributed by atoms with E-state index in [1.807, 2.05) is 0 Å². The maximum absolute atomic E-state index is 6.77. The maximum Gasteiger partial charge on any atom is 0.0311 e. The number of nitrogens with two attached hydrogens (primary N) is 1. The average Bonchev–Trinajstić information content (AvgIpc) is 2.77. The quantitative estimate of drug-likeness (QED) is 0.730. The molecule has 0 radical (unpaired) electrons. The third kappa shape index (κ3) is 1.56. The van der Waals surface area contributed by atoms with Crippen molar-refractivity contribution in [1.29, 1.82) is 0 Å². The van der Waals surface area contributed by atoms with Crippen molar-refractivity contribution in [2.45, 2.75) is 70.8 Å². The molecule has 0 saturated heterocycles. The fourth-order valence-corrected chi connectivity index (χ4v) is 6.53. The summed E-state index contributed by atoms with van der Waals surface area (Å²) in [5.74, 6) is 2.01. The predicted molar refractivity (Wildman–Crippen MR) is 75.1 cm³/mol. The molecule has 5 aliphatic carbocycles. The summed E-state index contributed by atoms with van der Waals surface area (Å²) in [5.41, 5.74) is 9.52. The Morgan fingerprint density at radius 2 is 1.94 bits per heavy atom. The monoisotopic (exact) mass is 245 g/mol. The lowest BCUT2D eigenvalue weighted by Gasteiger charge is -2.63. The van der Waals surface area contributed by atoms with Crippen molar-refractivity contribution in [1.82, 2.24) is 0 Å². The van der Waals surface area contributed by atoms with Crippen LogP contribution in [0.4, 0.5) is 0 Å². The van der Waals surface area contributed by atoms with E-state index >= 15 is 0 Å². The van der Waals surface area contributed by atoms with Crippen LogP contribution in [0.1, 0.15) is 64.7 Å². The molecule has 4 fully saturated rings. The Kier molecular flexibility index (Phi) is 2.32. The molecular weight excluding hydrogens is 218 g/mol. The second-order valence-electron chi connectivity index (χ2n) is 8.28. The highest BCUT2D eigenvalue weighted by atomic mass is 14.8. The highest BCUT2D eigenvalue weighted by Crippen LogP contribution is 2.66. The molecule has 0 aromatic carbocycles. The van der Waals surface area contributed by atoms with Crippen molar-refractivity contribution >= 4 is 0 Å². The van der Waals surface area contributed by atoms with Crippen LogP contribution in [0.25, 0.3) is 0 Å². The van der Waals surface area contributed by atoms with Gasteiger partial charge in [0.1, 0.15) is 0 Å². The Morgan fingerprint density at radius 1 is 1.22 bits per heavy atom. The van der Waals surface area contributed by atoms with Crippen molar-refractivity contribution in [3.63, 3.8) is 0 Å². The summed E-state index contributed by atoms with van der Waals surface area (Å²) in [4.78, 5) is 0. The van der Waals surface area contributed by atoms with Crippen molar-refractivity contribution < 1.29 is 0 Å². The highest BCUT2D eigenvalue weighted by Gasteiger charge is 2.58. The molecule has 2 N–H and O–H groups in total. The number of rotatable bonds is 2. The van der Waals surface area contributed by atoms with E-state index in [-0.39, 0.29) is 0 Å². The molecule has 4 saturated carbocycles. The molecule has 0 heterocycles. The van der Waals surface area contributed by atoms with Crippen LogP contribution >= 0.6 is 0 Å². The van der Waals surface area contributed by atoms with Crippen LogP contribution in [-0.4, -0.2) is 6.04 Å². The molecule has 0 aliphatic heterocycles. The van der Waals surface area contributed by atoms with Gasteiger partial charge >= 0.3 is 0 Å². The lowest BCUT2D eigenvalue weighted by Crippen LogP contribution is -2.57. The van der Waals surface area contributed by atoms with Gasteiger partial charge in [0.05, 0.1) is 0 Å². The van der Waals surface area contributed by atoms with Gasteiger partial charge in [-0.15, -0.1) is 0 Å². The zero-order chi connectivity index (χ0) is 12.4. The van der Waals surface area contributed by atoms with Gasteiger partial charge in [-0.2, -0.15) is 0 Å². The van der Waals surface area contributed by atoms with E-state index in [1.165, 1.54) is 57.8 Å². The van der Waals surface area contributed by atoms with Gasteiger partial charge in [-0.3, -0.25) is 0 Å². The van der Waals surface area contributed by atoms with Gasteiger partial charge in [0, 0.05) is 6.04 Å². The van der Waals surface area contributed by atoms with E-state index in [2.05, 4.69) is 13.0 Å². The van der Waals surface area contributed by atoms with Crippen molar-refractivity contribution in [3.8, 4) is 0 Å². The number of hydrogen-bond acceptors (Lipinski definition) is 1. The topological polar surface area (TPSA) is 26.0 Å². The van der Waals surface area contributed by atoms with Gasteiger partial charge in [0.25, 0.3) is 0 Å². The molecule has 0 spiro atoms. The molecule has 18 heavy (non-hydrogen) atoms. The van der Waals surface area contributed by atoms with Crippen molar-refractivity contribution in [2.75, 3.05) is 0 Å². The van der Waals surface area contributed by atoms with Crippen LogP contribution in [0.3, 0.4) is 0 Å². The summed E-state index contributed by atoms with van der Waals surface area (Å²) in [7, 11) is 0. The predicted octanol–water partition coefficient (Wildman–Crippen LogP) is 4.03. The molecule has 0 aromatic heterocycles. The Balaban J connectivity index is 1.66. The molecule has 0 amide bonds. The number of allylic oxidation sites excluding steroid dienone is 1. The van der Waals surface area contributed by atoms with Crippen LogP contribution in [0.5, 0.6) is 0 Å². The summed E-state index contributed by atoms with van der Waals surface area (Å²) >= 11 is 0. The summed E-state index contributed by atoms with van der Waals surface area (Å²) in [6.07, 6.45) is 15.2. The molecule has 100 valence electrons. The average molecular weight is 245 g/mol. The zero-order valence-corrected chi connectivity index (χ0v) is 11.8. The molecular formula is C17H27N. The lowest BCUT2D eigenvalue weighted by atomic mass is 9.43. The minimum absolute atomic E-state index is 0.394. The molecule has 1 nitrogen and oxygen atoms in total. The maximum atomic E-state index is 6.77. The Hall–Kier alpha value is -0.300. The fraction of sp³-hybridized carbons (Fsp3) is 0.882. The molecule has 3 unspecified atom stereocenters. The molecule has 1 heteroatoms. The molecule has 3 atom stereocenters. The van der Waals surface area contributed by atoms with Gasteiger partial charge in [0.15, 0.2) is 0 Å². The normalized spacial score (nSPS) is 51.6. The van der Waals surface area contributed by atoms with E-state index in [4.69, 9.17) is 5.73 Å². The summed E-state index contributed by atoms with van der Waals surface area (Å²) in [6, 6.07) is 0.394. The fourth-order valence-electron chi connectivity index (χ4n) is 6.53. The Bertz CT molecular complexity index is 380.